The highest BCUT2D eigenvalue weighted by Gasteiger charge is 2.20. The van der Waals surface area contributed by atoms with E-state index >= 15 is 0 Å². The van der Waals surface area contributed by atoms with Crippen LogP contribution >= 0.6 is 0 Å². The molecule has 0 bridgehead atoms. The van der Waals surface area contributed by atoms with E-state index in [0.717, 1.165) is 0 Å². The number of ether oxygens (including phenoxy) is 2. The van der Waals surface area contributed by atoms with Crippen LogP contribution in [0, 0.1) is 17.2 Å². The molecule has 5 nitrogen and oxygen atoms in total. The molecule has 2 rings (SSSR count). The van der Waals surface area contributed by atoms with Crippen molar-refractivity contribution in [3.05, 3.63) is 23.8 Å². The number of rotatable bonds is 5. The lowest BCUT2D eigenvalue weighted by Crippen LogP contribution is -2.35. The highest BCUT2D eigenvalue weighted by Crippen LogP contribution is 2.32. The van der Waals surface area contributed by atoms with Gasteiger partial charge in [0, 0.05) is 18.7 Å². The van der Waals surface area contributed by atoms with Gasteiger partial charge in [0.15, 0.2) is 11.5 Å². The van der Waals surface area contributed by atoms with Crippen molar-refractivity contribution in [1.82, 2.24) is 4.90 Å². The summed E-state index contributed by atoms with van der Waals surface area (Å²) in [5, 5.41) is 8.70. The Morgan fingerprint density at radius 2 is 2.15 bits per heavy atom. The Morgan fingerprint density at radius 3 is 2.85 bits per heavy atom. The first-order valence-corrected chi connectivity index (χ1v) is 6.67. The van der Waals surface area contributed by atoms with Crippen molar-refractivity contribution in [2.45, 2.75) is 20.3 Å². The van der Waals surface area contributed by atoms with Crippen molar-refractivity contribution >= 4 is 5.91 Å². The number of benzene rings is 1. The predicted octanol–water partition coefficient (Wildman–Crippen LogP) is 2.43. The summed E-state index contributed by atoms with van der Waals surface area (Å²) in [4.78, 5) is 14.2. The smallest absolute Gasteiger partial charge is 0.254 e. The fourth-order valence-corrected chi connectivity index (χ4v) is 2.11. The minimum Gasteiger partial charge on any atom is -0.454 e. The average Bonchev–Trinajstić information content (AvgIpc) is 2.89. The third-order valence-corrected chi connectivity index (χ3v) is 2.99. The number of hydrogen-bond acceptors (Lipinski definition) is 4. The molecule has 1 aliphatic rings. The summed E-state index contributed by atoms with van der Waals surface area (Å²) in [5.41, 5.74) is 0.563. The van der Waals surface area contributed by atoms with E-state index in [1.165, 1.54) is 0 Å². The second-order valence-electron chi connectivity index (χ2n) is 5.12. The van der Waals surface area contributed by atoms with Gasteiger partial charge in [-0.1, -0.05) is 13.8 Å². The Bertz CT molecular complexity index is 534. The number of carbonyl (C=O) groups is 1. The number of nitriles is 1. The predicted molar refractivity (Wildman–Crippen MR) is 73.5 cm³/mol. The van der Waals surface area contributed by atoms with Crippen LogP contribution in [0.25, 0.3) is 0 Å². The molecule has 0 fully saturated rings. The van der Waals surface area contributed by atoms with Crippen LogP contribution in [0.2, 0.25) is 0 Å². The van der Waals surface area contributed by atoms with Crippen LogP contribution in [0.1, 0.15) is 30.6 Å². The van der Waals surface area contributed by atoms with Gasteiger partial charge in [0.25, 0.3) is 5.91 Å². The second-order valence-corrected chi connectivity index (χ2v) is 5.12. The summed E-state index contributed by atoms with van der Waals surface area (Å²) in [6.07, 6.45) is 0.336. The molecule has 5 heteroatoms. The molecule has 20 heavy (non-hydrogen) atoms. The van der Waals surface area contributed by atoms with Gasteiger partial charge in [-0.25, -0.2) is 0 Å². The van der Waals surface area contributed by atoms with Gasteiger partial charge in [-0.15, -0.1) is 0 Å². The molecule has 1 amide bonds. The van der Waals surface area contributed by atoms with Gasteiger partial charge in [-0.3, -0.25) is 4.79 Å². The van der Waals surface area contributed by atoms with Crippen molar-refractivity contribution in [3.63, 3.8) is 0 Å². The summed E-state index contributed by atoms with van der Waals surface area (Å²) in [6.45, 7) is 5.37. The van der Waals surface area contributed by atoms with E-state index in [0.29, 0.717) is 42.5 Å². The second kappa shape index (κ2) is 6.29. The highest BCUT2D eigenvalue weighted by atomic mass is 16.7. The van der Waals surface area contributed by atoms with Crippen LogP contribution in [0.5, 0.6) is 11.5 Å². The Hall–Kier alpha value is -2.22. The van der Waals surface area contributed by atoms with Gasteiger partial charge in [-0.05, 0) is 24.1 Å². The lowest BCUT2D eigenvalue weighted by Gasteiger charge is -2.23. The van der Waals surface area contributed by atoms with E-state index in [4.69, 9.17) is 14.7 Å². The Morgan fingerprint density at radius 1 is 1.40 bits per heavy atom. The van der Waals surface area contributed by atoms with Gasteiger partial charge >= 0.3 is 0 Å². The molecule has 1 aliphatic heterocycles. The summed E-state index contributed by atoms with van der Waals surface area (Å²) in [5.74, 6) is 1.54. The highest BCUT2D eigenvalue weighted by molar-refractivity contribution is 5.95. The van der Waals surface area contributed by atoms with E-state index in [-0.39, 0.29) is 12.7 Å². The van der Waals surface area contributed by atoms with Crippen molar-refractivity contribution in [2.75, 3.05) is 19.9 Å². The minimum atomic E-state index is -0.0766. The van der Waals surface area contributed by atoms with E-state index in [1.807, 2.05) is 13.8 Å². The molecule has 0 saturated carbocycles. The first-order chi connectivity index (χ1) is 9.61. The fraction of sp³-hybridized carbons (Fsp3) is 0.467. The Balaban J connectivity index is 2.16. The van der Waals surface area contributed by atoms with Crippen molar-refractivity contribution in [1.29, 1.82) is 5.26 Å². The largest absolute Gasteiger partial charge is 0.454 e. The van der Waals surface area contributed by atoms with Crippen molar-refractivity contribution < 1.29 is 14.3 Å². The van der Waals surface area contributed by atoms with Crippen LogP contribution in [-0.2, 0) is 0 Å². The number of fused-ring (bicyclic) bond motifs is 1. The molecule has 0 spiro atoms. The van der Waals surface area contributed by atoms with E-state index in [2.05, 4.69) is 6.07 Å². The summed E-state index contributed by atoms with van der Waals surface area (Å²) in [6, 6.07) is 7.25. The third kappa shape index (κ3) is 3.21. The van der Waals surface area contributed by atoms with Gasteiger partial charge in [0.05, 0.1) is 12.5 Å². The average molecular weight is 274 g/mol. The first-order valence-electron chi connectivity index (χ1n) is 6.67. The minimum absolute atomic E-state index is 0.0766. The zero-order chi connectivity index (χ0) is 14.5. The van der Waals surface area contributed by atoms with Crippen LogP contribution in [0.3, 0.4) is 0 Å². The monoisotopic (exact) mass is 274 g/mol. The molecular formula is C15H18N2O3. The maximum atomic E-state index is 12.5. The molecule has 1 heterocycles. The van der Waals surface area contributed by atoms with Crippen molar-refractivity contribution in [2.24, 2.45) is 5.92 Å². The molecular weight excluding hydrogens is 256 g/mol. The Labute approximate surface area is 118 Å². The molecule has 0 aliphatic carbocycles. The van der Waals surface area contributed by atoms with Gasteiger partial charge < -0.3 is 14.4 Å². The Kier molecular flexibility index (Phi) is 4.46. The third-order valence-electron chi connectivity index (χ3n) is 2.99. The molecule has 0 N–H and O–H groups in total. The summed E-state index contributed by atoms with van der Waals surface area (Å²) < 4.78 is 10.5. The molecule has 1 aromatic carbocycles. The topological polar surface area (TPSA) is 62.6 Å². The number of carbonyl (C=O) groups excluding carboxylic acids is 1. The van der Waals surface area contributed by atoms with Crippen LogP contribution in [0.15, 0.2) is 18.2 Å². The normalized spacial score (nSPS) is 12.3. The van der Waals surface area contributed by atoms with Crippen LogP contribution in [0.4, 0.5) is 0 Å². The SMILES string of the molecule is CC(C)CN(CCC#N)C(=O)c1ccc2c(c1)OCO2. The molecule has 0 saturated heterocycles. The molecule has 0 unspecified atom stereocenters. The van der Waals surface area contributed by atoms with E-state index < -0.39 is 0 Å². The van der Waals surface area contributed by atoms with Gasteiger partial charge in [0.2, 0.25) is 6.79 Å². The molecule has 0 aromatic heterocycles. The zero-order valence-electron chi connectivity index (χ0n) is 11.8. The number of hydrogen-bond donors (Lipinski definition) is 0. The molecule has 0 radical (unpaired) electrons. The fourth-order valence-electron chi connectivity index (χ4n) is 2.11. The van der Waals surface area contributed by atoms with E-state index in [9.17, 15) is 4.79 Å². The zero-order valence-corrected chi connectivity index (χ0v) is 11.8. The lowest BCUT2D eigenvalue weighted by molar-refractivity contribution is 0.0739. The molecule has 106 valence electrons. The maximum Gasteiger partial charge on any atom is 0.254 e. The molecule has 1 aromatic rings. The summed E-state index contributed by atoms with van der Waals surface area (Å²) in [7, 11) is 0. The van der Waals surface area contributed by atoms with E-state index in [1.54, 1.807) is 23.1 Å². The summed E-state index contributed by atoms with van der Waals surface area (Å²) >= 11 is 0. The van der Waals surface area contributed by atoms with Crippen molar-refractivity contribution in [3.8, 4) is 17.6 Å². The van der Waals surface area contributed by atoms with Gasteiger partial charge in [-0.2, -0.15) is 5.26 Å². The number of nitrogens with zero attached hydrogens (tertiary/aromatic N) is 2. The molecule has 0 atom stereocenters. The lowest BCUT2D eigenvalue weighted by atomic mass is 10.1. The quantitative estimate of drug-likeness (QED) is 0.827. The van der Waals surface area contributed by atoms with Crippen LogP contribution in [-0.4, -0.2) is 30.7 Å². The van der Waals surface area contributed by atoms with Gasteiger partial charge in [0.1, 0.15) is 0 Å². The van der Waals surface area contributed by atoms with Crippen LogP contribution < -0.4 is 9.47 Å². The standard InChI is InChI=1S/C15H18N2O3/c1-11(2)9-17(7-3-6-16)15(18)12-4-5-13-14(8-12)20-10-19-13/h4-5,8,11H,3,7,9-10H2,1-2H3. The first kappa shape index (κ1) is 14.2. The maximum absolute atomic E-state index is 12.5. The number of amides is 1.